The van der Waals surface area contributed by atoms with Crippen LogP contribution in [0, 0.1) is 17.0 Å². The maximum Gasteiger partial charge on any atom is 0.178 e. The SMILES string of the molecule is CC(C)CC(CC(C)C)=[N+]([O-])Cc1ccccc1. The second-order valence-corrected chi connectivity index (χ2v) is 5.78. The Morgan fingerprint density at radius 1 is 1.00 bits per heavy atom. The van der Waals surface area contributed by atoms with Gasteiger partial charge in [-0.25, -0.2) is 4.74 Å². The first kappa shape index (κ1) is 14.7. The van der Waals surface area contributed by atoms with Gasteiger partial charge in [-0.2, -0.15) is 0 Å². The smallest absolute Gasteiger partial charge is 0.178 e. The Morgan fingerprint density at radius 3 is 1.94 bits per heavy atom. The lowest BCUT2D eigenvalue weighted by atomic mass is 9.98. The molecule has 0 aliphatic carbocycles. The molecule has 18 heavy (non-hydrogen) atoms. The van der Waals surface area contributed by atoms with Crippen LogP contribution in [-0.4, -0.2) is 10.5 Å². The highest BCUT2D eigenvalue weighted by Gasteiger charge is 2.14. The molecule has 0 aliphatic heterocycles. The summed E-state index contributed by atoms with van der Waals surface area (Å²) >= 11 is 0. The lowest BCUT2D eigenvalue weighted by Gasteiger charge is -2.14. The van der Waals surface area contributed by atoms with E-state index in [4.69, 9.17) is 0 Å². The molecule has 0 unspecified atom stereocenters. The Balaban J connectivity index is 2.81. The summed E-state index contributed by atoms with van der Waals surface area (Å²) in [5.74, 6) is 1.07. The van der Waals surface area contributed by atoms with Crippen LogP contribution in [0.5, 0.6) is 0 Å². The predicted molar refractivity (Wildman–Crippen MR) is 77.7 cm³/mol. The van der Waals surface area contributed by atoms with Crippen molar-refractivity contribution in [1.82, 2.24) is 0 Å². The maximum atomic E-state index is 12.3. The lowest BCUT2D eigenvalue weighted by Crippen LogP contribution is -2.19. The summed E-state index contributed by atoms with van der Waals surface area (Å²) in [6, 6.07) is 9.95. The van der Waals surface area contributed by atoms with Crippen LogP contribution in [-0.2, 0) is 6.54 Å². The van der Waals surface area contributed by atoms with E-state index < -0.39 is 0 Å². The highest BCUT2D eigenvalue weighted by molar-refractivity contribution is 5.80. The second kappa shape index (κ2) is 7.20. The molecule has 0 aliphatic rings. The zero-order valence-electron chi connectivity index (χ0n) is 12.0. The molecule has 2 nitrogen and oxygen atoms in total. The average molecular weight is 247 g/mol. The first-order chi connectivity index (χ1) is 8.49. The van der Waals surface area contributed by atoms with E-state index in [1.54, 1.807) is 0 Å². The quantitative estimate of drug-likeness (QED) is 0.320. The fourth-order valence-corrected chi connectivity index (χ4v) is 2.09. The van der Waals surface area contributed by atoms with Gasteiger partial charge in [-0.3, -0.25) is 0 Å². The summed E-state index contributed by atoms with van der Waals surface area (Å²) in [6.07, 6.45) is 1.79. The van der Waals surface area contributed by atoms with Crippen molar-refractivity contribution in [2.45, 2.75) is 47.1 Å². The molecule has 1 aromatic rings. The van der Waals surface area contributed by atoms with Crippen molar-refractivity contribution in [3.63, 3.8) is 0 Å². The van der Waals surface area contributed by atoms with Crippen LogP contribution in [0.4, 0.5) is 0 Å². The third kappa shape index (κ3) is 5.35. The summed E-state index contributed by atoms with van der Waals surface area (Å²) in [5.41, 5.74) is 2.11. The van der Waals surface area contributed by atoms with Crippen molar-refractivity contribution in [1.29, 1.82) is 0 Å². The number of benzene rings is 1. The molecule has 0 N–H and O–H groups in total. The molecule has 2 heteroatoms. The highest BCUT2D eigenvalue weighted by Crippen LogP contribution is 2.11. The zero-order valence-corrected chi connectivity index (χ0v) is 12.0. The third-order valence-corrected chi connectivity index (χ3v) is 2.81. The monoisotopic (exact) mass is 247 g/mol. The van der Waals surface area contributed by atoms with Crippen LogP contribution in [0.25, 0.3) is 0 Å². The normalized spacial score (nSPS) is 11.0. The third-order valence-electron chi connectivity index (χ3n) is 2.81. The lowest BCUT2D eigenvalue weighted by molar-refractivity contribution is -0.477. The largest absolute Gasteiger partial charge is 0.624 e. The maximum absolute atomic E-state index is 12.3. The Labute approximate surface area is 111 Å². The topological polar surface area (TPSA) is 26.1 Å². The van der Waals surface area contributed by atoms with E-state index in [9.17, 15) is 5.21 Å². The number of nitrogens with zero attached hydrogens (tertiary/aromatic N) is 1. The summed E-state index contributed by atoms with van der Waals surface area (Å²) < 4.78 is 1.19. The van der Waals surface area contributed by atoms with Gasteiger partial charge in [0.25, 0.3) is 0 Å². The molecule has 1 aromatic carbocycles. The number of hydrogen-bond donors (Lipinski definition) is 0. The van der Waals surface area contributed by atoms with E-state index in [2.05, 4.69) is 27.7 Å². The van der Waals surface area contributed by atoms with Gasteiger partial charge in [-0.1, -0.05) is 58.0 Å². The molecule has 0 radical (unpaired) electrons. The standard InChI is InChI=1S/C16H25NO/c1-13(2)10-16(11-14(3)4)17(18)12-15-8-6-5-7-9-15/h5-9,13-14H,10-12H2,1-4H3. The molecule has 0 heterocycles. The van der Waals surface area contributed by atoms with Gasteiger partial charge in [0.2, 0.25) is 0 Å². The van der Waals surface area contributed by atoms with Crippen LogP contribution < -0.4 is 0 Å². The Kier molecular flexibility index (Phi) is 5.90. The second-order valence-electron chi connectivity index (χ2n) is 5.78. The van der Waals surface area contributed by atoms with E-state index in [0.29, 0.717) is 18.4 Å². The van der Waals surface area contributed by atoms with E-state index in [0.717, 1.165) is 24.1 Å². The minimum Gasteiger partial charge on any atom is -0.624 e. The van der Waals surface area contributed by atoms with Gasteiger partial charge in [0, 0.05) is 18.4 Å². The van der Waals surface area contributed by atoms with Crippen LogP contribution in [0.1, 0.15) is 46.1 Å². The Morgan fingerprint density at radius 2 is 1.50 bits per heavy atom. The molecule has 0 fully saturated rings. The number of rotatable bonds is 6. The van der Waals surface area contributed by atoms with Crippen molar-refractivity contribution < 1.29 is 4.74 Å². The molecule has 100 valence electrons. The number of hydrogen-bond acceptors (Lipinski definition) is 1. The van der Waals surface area contributed by atoms with Gasteiger partial charge >= 0.3 is 0 Å². The molecular formula is C16H25NO. The first-order valence-corrected chi connectivity index (χ1v) is 6.82. The van der Waals surface area contributed by atoms with E-state index >= 15 is 0 Å². The van der Waals surface area contributed by atoms with Crippen molar-refractivity contribution in [2.24, 2.45) is 11.8 Å². The molecule has 0 saturated heterocycles. The van der Waals surface area contributed by atoms with Gasteiger partial charge < -0.3 is 5.21 Å². The van der Waals surface area contributed by atoms with Crippen LogP contribution >= 0.6 is 0 Å². The summed E-state index contributed by atoms with van der Waals surface area (Å²) in [4.78, 5) is 0. The van der Waals surface area contributed by atoms with Crippen LogP contribution in [0.3, 0.4) is 0 Å². The fourth-order valence-electron chi connectivity index (χ4n) is 2.09. The first-order valence-electron chi connectivity index (χ1n) is 6.82. The fraction of sp³-hybridized carbons (Fsp3) is 0.562. The molecule has 0 aromatic heterocycles. The van der Waals surface area contributed by atoms with Gasteiger partial charge in [-0.15, -0.1) is 0 Å². The molecule has 0 amide bonds. The van der Waals surface area contributed by atoms with Gasteiger partial charge in [-0.05, 0) is 11.8 Å². The van der Waals surface area contributed by atoms with Crippen molar-refractivity contribution >= 4 is 5.71 Å². The van der Waals surface area contributed by atoms with Gasteiger partial charge in [0.1, 0.15) is 0 Å². The van der Waals surface area contributed by atoms with Crippen LogP contribution in [0.15, 0.2) is 30.3 Å². The Hall–Kier alpha value is -1.31. The van der Waals surface area contributed by atoms with E-state index in [-0.39, 0.29) is 0 Å². The number of hydroxylamine groups is 1. The average Bonchev–Trinajstić information content (AvgIpc) is 2.28. The summed E-state index contributed by atoms with van der Waals surface area (Å²) in [5, 5.41) is 12.3. The van der Waals surface area contributed by atoms with Gasteiger partial charge in [0.15, 0.2) is 12.3 Å². The molecular weight excluding hydrogens is 222 g/mol. The molecule has 0 saturated carbocycles. The predicted octanol–water partition coefficient (Wildman–Crippen LogP) is 4.23. The van der Waals surface area contributed by atoms with Crippen molar-refractivity contribution in [3.8, 4) is 0 Å². The van der Waals surface area contributed by atoms with E-state index in [1.165, 1.54) is 4.74 Å². The summed E-state index contributed by atoms with van der Waals surface area (Å²) in [6.45, 7) is 9.12. The van der Waals surface area contributed by atoms with Crippen molar-refractivity contribution in [3.05, 3.63) is 41.1 Å². The molecule has 0 spiro atoms. The minimum absolute atomic E-state index is 0.468. The minimum atomic E-state index is 0.468. The van der Waals surface area contributed by atoms with Crippen molar-refractivity contribution in [2.75, 3.05) is 0 Å². The molecule has 0 atom stereocenters. The Bertz CT molecular complexity index is 367. The molecule has 0 bridgehead atoms. The molecule has 1 rings (SSSR count). The summed E-state index contributed by atoms with van der Waals surface area (Å²) in [7, 11) is 0. The van der Waals surface area contributed by atoms with Crippen LogP contribution in [0.2, 0.25) is 0 Å². The van der Waals surface area contributed by atoms with E-state index in [1.807, 2.05) is 30.3 Å². The highest BCUT2D eigenvalue weighted by atomic mass is 16.5. The van der Waals surface area contributed by atoms with Gasteiger partial charge in [0.05, 0.1) is 0 Å². The zero-order chi connectivity index (χ0) is 13.5.